The van der Waals surface area contributed by atoms with Crippen LogP contribution in [0.25, 0.3) is 0 Å². The highest BCUT2D eigenvalue weighted by atomic mass is 35.5. The molecule has 1 aliphatic rings. The Hall–Kier alpha value is -0.340. The number of aliphatic hydroxyl groups excluding tert-OH is 2. The van der Waals surface area contributed by atoms with Gasteiger partial charge in [-0.25, -0.2) is 0 Å². The molecule has 1 aliphatic carbocycles. The van der Waals surface area contributed by atoms with Gasteiger partial charge in [-0.1, -0.05) is 23.2 Å². The van der Waals surface area contributed by atoms with E-state index in [1.165, 1.54) is 12.2 Å². The zero-order chi connectivity index (χ0) is 7.78. The van der Waals surface area contributed by atoms with Crippen LogP contribution >= 0.6 is 23.2 Å². The van der Waals surface area contributed by atoms with Gasteiger partial charge in [0.2, 0.25) is 0 Å². The maximum Gasteiger partial charge on any atom is 0.155 e. The van der Waals surface area contributed by atoms with Gasteiger partial charge in [0.15, 0.2) is 11.5 Å². The van der Waals surface area contributed by atoms with E-state index in [1.807, 2.05) is 0 Å². The molecule has 10 heavy (non-hydrogen) atoms. The molecule has 56 valence electrons. The first kappa shape index (κ1) is 7.76. The first-order chi connectivity index (χ1) is 4.51. The predicted octanol–water partition coefficient (Wildman–Crippen LogP) is 2.45. The number of allylic oxidation sites excluding steroid dienone is 2. The Morgan fingerprint density at radius 1 is 1.30 bits per heavy atom. The molecule has 0 saturated carbocycles. The lowest BCUT2D eigenvalue weighted by Gasteiger charge is -2.17. The van der Waals surface area contributed by atoms with Crippen LogP contribution in [-0.2, 0) is 0 Å². The molecule has 1 rings (SSSR count). The first-order valence-electron chi connectivity index (χ1n) is 2.70. The summed E-state index contributed by atoms with van der Waals surface area (Å²) in [5.74, 6) is -0.437. The molecule has 0 aromatic rings. The van der Waals surface area contributed by atoms with E-state index < -0.39 is 4.33 Å². The Bertz CT molecular complexity index is 206. The monoisotopic (exact) mass is 180 g/mol. The third kappa shape index (κ3) is 1.58. The van der Waals surface area contributed by atoms with Crippen LogP contribution in [0, 0.1) is 0 Å². The van der Waals surface area contributed by atoms with Crippen molar-refractivity contribution in [1.29, 1.82) is 0 Å². The van der Waals surface area contributed by atoms with Gasteiger partial charge >= 0.3 is 0 Å². The van der Waals surface area contributed by atoms with Crippen molar-refractivity contribution in [2.24, 2.45) is 0 Å². The number of halogens is 2. The minimum Gasteiger partial charge on any atom is -0.504 e. The molecule has 4 heteroatoms. The second kappa shape index (κ2) is 2.36. The van der Waals surface area contributed by atoms with Gasteiger partial charge in [-0.3, -0.25) is 0 Å². The molecule has 2 nitrogen and oxygen atoms in total. The summed E-state index contributed by atoms with van der Waals surface area (Å²) in [6, 6.07) is 0. The maximum atomic E-state index is 8.89. The van der Waals surface area contributed by atoms with Gasteiger partial charge < -0.3 is 10.2 Å². The second-order valence-corrected chi connectivity index (χ2v) is 3.63. The van der Waals surface area contributed by atoms with Gasteiger partial charge in [-0.15, -0.1) is 0 Å². The second-order valence-electron chi connectivity index (χ2n) is 2.08. The Labute approximate surface area is 68.4 Å². The van der Waals surface area contributed by atoms with Crippen molar-refractivity contribution in [2.45, 2.75) is 10.8 Å². The highest BCUT2D eigenvalue weighted by Crippen LogP contribution is 2.33. The van der Waals surface area contributed by atoms with Crippen molar-refractivity contribution < 1.29 is 10.2 Å². The molecule has 0 aromatic heterocycles. The highest BCUT2D eigenvalue weighted by molar-refractivity contribution is 6.50. The van der Waals surface area contributed by atoms with E-state index in [9.17, 15) is 0 Å². The number of hydrogen-bond acceptors (Lipinski definition) is 2. The van der Waals surface area contributed by atoms with Gasteiger partial charge in [0.05, 0.1) is 0 Å². The largest absolute Gasteiger partial charge is 0.504 e. The van der Waals surface area contributed by atoms with Crippen LogP contribution < -0.4 is 0 Å². The average molecular weight is 181 g/mol. The summed E-state index contributed by atoms with van der Waals surface area (Å²) in [5, 5.41) is 17.7. The van der Waals surface area contributed by atoms with Gasteiger partial charge in [0.25, 0.3) is 0 Å². The third-order valence-electron chi connectivity index (χ3n) is 1.18. The molecule has 0 fully saturated rings. The Kier molecular flexibility index (Phi) is 1.84. The first-order valence-corrected chi connectivity index (χ1v) is 3.46. The molecule has 0 saturated heterocycles. The van der Waals surface area contributed by atoms with Crippen LogP contribution in [-0.4, -0.2) is 14.5 Å². The van der Waals surface area contributed by atoms with E-state index in [1.54, 1.807) is 0 Å². The van der Waals surface area contributed by atoms with Crippen molar-refractivity contribution in [3.63, 3.8) is 0 Å². The number of hydrogen-bond donors (Lipinski definition) is 2. The van der Waals surface area contributed by atoms with Crippen molar-refractivity contribution in [2.75, 3.05) is 0 Å². The summed E-state index contributed by atoms with van der Waals surface area (Å²) in [6.45, 7) is 0. The summed E-state index contributed by atoms with van der Waals surface area (Å²) in [7, 11) is 0. The van der Waals surface area contributed by atoms with Crippen LogP contribution in [0.1, 0.15) is 6.42 Å². The van der Waals surface area contributed by atoms with E-state index in [0.717, 1.165) is 0 Å². The van der Waals surface area contributed by atoms with Crippen LogP contribution in [0.3, 0.4) is 0 Å². The molecular formula is C6H6Cl2O2. The van der Waals surface area contributed by atoms with Crippen molar-refractivity contribution in [3.05, 3.63) is 23.7 Å². The van der Waals surface area contributed by atoms with Crippen molar-refractivity contribution >= 4 is 23.2 Å². The molecule has 0 radical (unpaired) electrons. The van der Waals surface area contributed by atoms with Gasteiger partial charge in [0.1, 0.15) is 4.33 Å². The molecule has 0 amide bonds. The topological polar surface area (TPSA) is 40.5 Å². The van der Waals surface area contributed by atoms with Gasteiger partial charge in [-0.2, -0.15) is 0 Å². The van der Waals surface area contributed by atoms with Crippen LogP contribution in [0.15, 0.2) is 23.7 Å². The highest BCUT2D eigenvalue weighted by Gasteiger charge is 2.25. The summed E-state index contributed by atoms with van der Waals surface area (Å²) in [5.41, 5.74) is 0. The van der Waals surface area contributed by atoms with Crippen LogP contribution in [0.4, 0.5) is 0 Å². The Morgan fingerprint density at radius 3 is 2.30 bits per heavy atom. The Morgan fingerprint density at radius 2 is 1.90 bits per heavy atom. The SMILES string of the molecule is OC1=CCC(Cl)(Cl)C=C1O. The number of rotatable bonds is 0. The van der Waals surface area contributed by atoms with E-state index >= 15 is 0 Å². The molecule has 2 N–H and O–H groups in total. The fourth-order valence-electron chi connectivity index (χ4n) is 0.670. The van der Waals surface area contributed by atoms with E-state index in [2.05, 4.69) is 0 Å². The van der Waals surface area contributed by atoms with E-state index in [4.69, 9.17) is 33.4 Å². The molecule has 0 aromatic carbocycles. The normalized spacial score (nSPS) is 23.4. The molecular weight excluding hydrogens is 175 g/mol. The maximum absolute atomic E-state index is 8.89. The van der Waals surface area contributed by atoms with E-state index in [0.29, 0.717) is 6.42 Å². The lowest BCUT2D eigenvalue weighted by molar-refractivity contribution is 0.318. The predicted molar refractivity (Wildman–Crippen MR) is 40.5 cm³/mol. The zero-order valence-electron chi connectivity index (χ0n) is 5.01. The Balaban J connectivity index is 2.87. The fraction of sp³-hybridized carbons (Fsp3) is 0.333. The van der Waals surface area contributed by atoms with Crippen LogP contribution in [0.5, 0.6) is 0 Å². The molecule has 0 bridgehead atoms. The van der Waals surface area contributed by atoms with Gasteiger partial charge in [-0.05, 0) is 12.2 Å². The average Bonchev–Trinajstić information content (AvgIpc) is 1.79. The summed E-state index contributed by atoms with van der Waals surface area (Å²) in [4.78, 5) is 0. The zero-order valence-corrected chi connectivity index (χ0v) is 6.52. The minimum atomic E-state index is -1.07. The van der Waals surface area contributed by atoms with E-state index in [-0.39, 0.29) is 11.5 Å². The molecule has 0 heterocycles. The summed E-state index contributed by atoms with van der Waals surface area (Å²) in [6.07, 6.45) is 2.88. The standard InChI is InChI=1S/C6H6Cl2O2/c7-6(8)2-1-4(9)5(10)3-6/h1,3,9-10H,2H2. The van der Waals surface area contributed by atoms with Crippen molar-refractivity contribution in [3.8, 4) is 0 Å². The quantitative estimate of drug-likeness (QED) is 0.563. The summed E-state index contributed by atoms with van der Waals surface area (Å²) < 4.78 is -1.07. The molecule has 0 aliphatic heterocycles. The molecule has 0 spiro atoms. The fourth-order valence-corrected chi connectivity index (χ4v) is 1.03. The molecule has 0 atom stereocenters. The lowest BCUT2D eigenvalue weighted by atomic mass is 10.1. The third-order valence-corrected chi connectivity index (χ3v) is 1.70. The van der Waals surface area contributed by atoms with Crippen molar-refractivity contribution in [1.82, 2.24) is 0 Å². The lowest BCUT2D eigenvalue weighted by Crippen LogP contribution is -2.13. The minimum absolute atomic E-state index is 0.170. The smallest absolute Gasteiger partial charge is 0.155 e. The number of alkyl halides is 2. The molecule has 0 unspecified atom stereocenters. The van der Waals surface area contributed by atoms with Crippen LogP contribution in [0.2, 0.25) is 0 Å². The van der Waals surface area contributed by atoms with Gasteiger partial charge in [0, 0.05) is 6.42 Å². The number of aliphatic hydroxyl groups is 2. The summed E-state index contributed by atoms with van der Waals surface area (Å²) >= 11 is 11.2.